The zero-order chi connectivity index (χ0) is 13.2. The molecule has 1 N–H and O–H groups in total. The number of Topliss-reactive ketones (excluding diaryl/α,β-unsaturated/α-hetero) is 1. The van der Waals surface area contributed by atoms with E-state index in [0.29, 0.717) is 23.3 Å². The fraction of sp³-hybridized carbons (Fsp3) is 0.533. The molecule has 19 heavy (non-hydrogen) atoms. The van der Waals surface area contributed by atoms with Gasteiger partial charge in [0.1, 0.15) is 11.8 Å². The number of fused-ring (bicyclic) bond motifs is 2. The van der Waals surface area contributed by atoms with Crippen molar-refractivity contribution in [2.45, 2.75) is 44.2 Å². The predicted molar refractivity (Wildman–Crippen MR) is 70.6 cm³/mol. The fourth-order valence-corrected chi connectivity index (χ4v) is 3.32. The van der Waals surface area contributed by atoms with E-state index < -0.39 is 0 Å². The van der Waals surface area contributed by atoms with Crippen LogP contribution >= 0.6 is 0 Å². The third kappa shape index (κ3) is 2.52. The van der Waals surface area contributed by atoms with Gasteiger partial charge in [-0.15, -0.1) is 0 Å². The number of carbonyl (C=O) groups excluding carboxylic acids is 1. The monoisotopic (exact) mass is 255 g/mol. The van der Waals surface area contributed by atoms with Crippen LogP contribution < -0.4 is 5.32 Å². The smallest absolute Gasteiger partial charge is 0.167 e. The van der Waals surface area contributed by atoms with Crippen LogP contribution in [0.5, 0.6) is 0 Å². The molecule has 2 aliphatic heterocycles. The third-order valence-corrected chi connectivity index (χ3v) is 4.25. The van der Waals surface area contributed by atoms with Crippen molar-refractivity contribution in [1.82, 2.24) is 10.3 Å². The first kappa shape index (κ1) is 12.3. The maximum Gasteiger partial charge on any atom is 0.167 e. The Balaban J connectivity index is 1.74. The molecule has 0 aliphatic carbocycles. The van der Waals surface area contributed by atoms with Gasteiger partial charge >= 0.3 is 0 Å². The van der Waals surface area contributed by atoms with Gasteiger partial charge in [0.05, 0.1) is 0 Å². The molecular weight excluding hydrogens is 238 g/mol. The molecule has 0 aromatic carbocycles. The molecule has 98 valence electrons. The highest BCUT2D eigenvalue weighted by atomic mass is 16.1. The lowest BCUT2D eigenvalue weighted by molar-refractivity contribution is 0.0824. The average molecular weight is 255 g/mol. The van der Waals surface area contributed by atoms with Crippen molar-refractivity contribution in [3.63, 3.8) is 0 Å². The van der Waals surface area contributed by atoms with Gasteiger partial charge in [-0.3, -0.25) is 4.79 Å². The van der Waals surface area contributed by atoms with Gasteiger partial charge in [0.15, 0.2) is 5.78 Å². The summed E-state index contributed by atoms with van der Waals surface area (Å²) in [7, 11) is 0. The molecule has 2 saturated heterocycles. The Labute approximate surface area is 112 Å². The molecule has 0 radical (unpaired) electrons. The van der Waals surface area contributed by atoms with Crippen LogP contribution in [0, 0.1) is 17.2 Å². The summed E-state index contributed by atoms with van der Waals surface area (Å²) in [5, 5.41) is 12.3. The minimum atomic E-state index is 0.117. The van der Waals surface area contributed by atoms with Gasteiger partial charge in [0, 0.05) is 29.8 Å². The molecule has 2 aliphatic rings. The Morgan fingerprint density at radius 2 is 2.05 bits per heavy atom. The zero-order valence-corrected chi connectivity index (χ0v) is 10.8. The highest BCUT2D eigenvalue weighted by molar-refractivity contribution is 5.97. The maximum atomic E-state index is 12.5. The second-order valence-corrected chi connectivity index (χ2v) is 5.57. The molecule has 2 bridgehead atoms. The molecule has 4 nitrogen and oxygen atoms in total. The number of aromatic nitrogens is 1. The summed E-state index contributed by atoms with van der Waals surface area (Å²) >= 11 is 0. The zero-order valence-electron chi connectivity index (χ0n) is 10.8. The summed E-state index contributed by atoms with van der Waals surface area (Å²) in [6, 6.07) is 6.34. The Morgan fingerprint density at radius 1 is 1.32 bits per heavy atom. The van der Waals surface area contributed by atoms with Crippen LogP contribution in [-0.4, -0.2) is 22.9 Å². The summed E-state index contributed by atoms with van der Waals surface area (Å²) in [6.45, 7) is 0. The second-order valence-electron chi connectivity index (χ2n) is 5.57. The largest absolute Gasteiger partial charge is 0.311 e. The summed E-state index contributed by atoms with van der Waals surface area (Å²) in [6.07, 6.45) is 7.07. The van der Waals surface area contributed by atoms with E-state index in [0.717, 1.165) is 12.8 Å². The van der Waals surface area contributed by atoms with E-state index in [1.165, 1.54) is 19.3 Å². The summed E-state index contributed by atoms with van der Waals surface area (Å²) in [5.74, 6) is 0.307. The highest BCUT2D eigenvalue weighted by Gasteiger charge is 2.34. The number of pyridine rings is 1. The lowest BCUT2D eigenvalue weighted by Gasteiger charge is -2.39. The Bertz CT molecular complexity index is 505. The van der Waals surface area contributed by atoms with Crippen LogP contribution in [0.15, 0.2) is 18.3 Å². The van der Waals surface area contributed by atoms with E-state index in [1.807, 2.05) is 6.07 Å². The fourth-order valence-electron chi connectivity index (χ4n) is 3.32. The van der Waals surface area contributed by atoms with Crippen LogP contribution in [0.4, 0.5) is 0 Å². The molecule has 4 heteroatoms. The molecule has 0 amide bonds. The molecule has 0 saturated carbocycles. The van der Waals surface area contributed by atoms with Crippen LogP contribution in [0.2, 0.25) is 0 Å². The minimum Gasteiger partial charge on any atom is -0.311 e. The number of hydrogen-bond acceptors (Lipinski definition) is 4. The number of piperidine rings is 2. The standard InChI is InChI=1S/C15H17N3O/c16-8-14-5-4-10(9-17-14)15(19)11-6-12-2-1-3-13(7-11)18-12/h4-5,9,11-13,18H,1-3,6-7H2. The summed E-state index contributed by atoms with van der Waals surface area (Å²) in [4.78, 5) is 16.5. The van der Waals surface area contributed by atoms with E-state index >= 15 is 0 Å². The van der Waals surface area contributed by atoms with E-state index in [4.69, 9.17) is 5.26 Å². The van der Waals surface area contributed by atoms with Crippen LogP contribution in [0.1, 0.15) is 48.2 Å². The number of carbonyl (C=O) groups is 1. The number of rotatable bonds is 2. The van der Waals surface area contributed by atoms with Gasteiger partial charge < -0.3 is 5.32 Å². The number of nitriles is 1. The van der Waals surface area contributed by atoms with E-state index in [9.17, 15) is 4.79 Å². The van der Waals surface area contributed by atoms with Gasteiger partial charge in [0.25, 0.3) is 0 Å². The van der Waals surface area contributed by atoms with Crippen molar-refractivity contribution in [3.05, 3.63) is 29.6 Å². The first-order valence-electron chi connectivity index (χ1n) is 6.92. The van der Waals surface area contributed by atoms with Crippen molar-refractivity contribution in [3.8, 4) is 6.07 Å². The van der Waals surface area contributed by atoms with Gasteiger partial charge in [-0.2, -0.15) is 5.26 Å². The number of ketones is 1. The summed E-state index contributed by atoms with van der Waals surface area (Å²) < 4.78 is 0. The van der Waals surface area contributed by atoms with Crippen molar-refractivity contribution < 1.29 is 4.79 Å². The Hall–Kier alpha value is -1.73. The molecule has 2 fully saturated rings. The minimum absolute atomic E-state index is 0.117. The molecule has 0 spiro atoms. The van der Waals surface area contributed by atoms with E-state index in [-0.39, 0.29) is 11.7 Å². The van der Waals surface area contributed by atoms with Gasteiger partial charge in [-0.05, 0) is 37.8 Å². The Kier molecular flexibility index (Phi) is 3.31. The highest BCUT2D eigenvalue weighted by Crippen LogP contribution is 2.31. The number of nitrogens with zero attached hydrogens (tertiary/aromatic N) is 2. The average Bonchev–Trinajstić information content (AvgIpc) is 2.46. The van der Waals surface area contributed by atoms with Gasteiger partial charge in [0.2, 0.25) is 0 Å². The third-order valence-electron chi connectivity index (χ3n) is 4.25. The first-order chi connectivity index (χ1) is 9.26. The Morgan fingerprint density at radius 3 is 2.63 bits per heavy atom. The quantitative estimate of drug-likeness (QED) is 0.821. The number of hydrogen-bond donors (Lipinski definition) is 1. The topological polar surface area (TPSA) is 65.8 Å². The first-order valence-corrected chi connectivity index (χ1v) is 6.92. The maximum absolute atomic E-state index is 12.5. The molecule has 2 unspecified atom stereocenters. The lowest BCUT2D eigenvalue weighted by Crippen LogP contribution is -2.50. The molecule has 2 atom stereocenters. The molecule has 1 aromatic rings. The van der Waals surface area contributed by atoms with Gasteiger partial charge in [-0.1, -0.05) is 6.42 Å². The van der Waals surface area contributed by atoms with Gasteiger partial charge in [-0.25, -0.2) is 4.98 Å². The van der Waals surface area contributed by atoms with Crippen LogP contribution in [0.25, 0.3) is 0 Å². The lowest BCUT2D eigenvalue weighted by atomic mass is 9.77. The van der Waals surface area contributed by atoms with Crippen molar-refractivity contribution in [2.24, 2.45) is 5.92 Å². The van der Waals surface area contributed by atoms with Crippen molar-refractivity contribution in [1.29, 1.82) is 5.26 Å². The van der Waals surface area contributed by atoms with Crippen molar-refractivity contribution in [2.75, 3.05) is 0 Å². The molecular formula is C15H17N3O. The van der Waals surface area contributed by atoms with Crippen LogP contribution in [-0.2, 0) is 0 Å². The normalized spacial score (nSPS) is 29.5. The number of nitrogens with one attached hydrogen (secondary N) is 1. The molecule has 1 aromatic heterocycles. The SMILES string of the molecule is N#Cc1ccc(C(=O)C2CC3CCCC(C2)N3)cn1. The second kappa shape index (κ2) is 5.10. The summed E-state index contributed by atoms with van der Waals surface area (Å²) in [5.41, 5.74) is 1.00. The predicted octanol–water partition coefficient (Wildman–Crippen LogP) is 2.06. The van der Waals surface area contributed by atoms with Crippen molar-refractivity contribution >= 4 is 5.78 Å². The molecule has 3 rings (SSSR count). The van der Waals surface area contributed by atoms with E-state index in [2.05, 4.69) is 10.3 Å². The van der Waals surface area contributed by atoms with Crippen LogP contribution in [0.3, 0.4) is 0 Å². The molecule has 3 heterocycles. The van der Waals surface area contributed by atoms with E-state index in [1.54, 1.807) is 18.3 Å².